The minimum absolute atomic E-state index is 0.243. The van der Waals surface area contributed by atoms with Gasteiger partial charge in [-0.05, 0) is 31.4 Å². The number of nitrogens with two attached hydrogens (primary N) is 1. The molecule has 5 nitrogen and oxygen atoms in total. The number of anilines is 2. The fraction of sp³-hybridized carbons (Fsp3) is 0.250. The number of nitrogens with one attached hydrogen (secondary N) is 1. The minimum Gasteiger partial charge on any atom is -0.397 e. The van der Waals surface area contributed by atoms with Crippen molar-refractivity contribution >= 4 is 28.1 Å². The van der Waals surface area contributed by atoms with Gasteiger partial charge in [-0.1, -0.05) is 0 Å². The Labute approximate surface area is 108 Å². The Hall–Kier alpha value is -1.95. The van der Waals surface area contributed by atoms with E-state index in [1.54, 1.807) is 18.3 Å². The quantitative estimate of drug-likeness (QED) is 0.863. The summed E-state index contributed by atoms with van der Waals surface area (Å²) in [5, 5.41) is 3.39. The maximum atomic E-state index is 12.0. The van der Waals surface area contributed by atoms with Crippen molar-refractivity contribution in [3.8, 4) is 0 Å². The normalized spacial score (nSPS) is 13.3. The SMILES string of the molecule is Nc1cccnc1C(=O)Nc1nc2c(s1)CCC2. The first-order valence-electron chi connectivity index (χ1n) is 5.74. The molecule has 92 valence electrons. The van der Waals surface area contributed by atoms with Gasteiger partial charge in [0, 0.05) is 11.1 Å². The number of amides is 1. The van der Waals surface area contributed by atoms with E-state index >= 15 is 0 Å². The summed E-state index contributed by atoms with van der Waals surface area (Å²) < 4.78 is 0. The number of thiazole rings is 1. The third-order valence-corrected chi connectivity index (χ3v) is 3.94. The summed E-state index contributed by atoms with van der Waals surface area (Å²) in [5.74, 6) is -0.305. The van der Waals surface area contributed by atoms with E-state index in [9.17, 15) is 4.79 Å². The van der Waals surface area contributed by atoms with Crippen LogP contribution in [-0.4, -0.2) is 15.9 Å². The molecule has 0 unspecified atom stereocenters. The smallest absolute Gasteiger partial charge is 0.278 e. The molecule has 3 rings (SSSR count). The summed E-state index contributed by atoms with van der Waals surface area (Å²) in [6, 6.07) is 3.35. The first kappa shape index (κ1) is 11.2. The molecular formula is C12H12N4OS. The van der Waals surface area contributed by atoms with Gasteiger partial charge in [-0.25, -0.2) is 9.97 Å². The molecule has 0 radical (unpaired) electrons. The van der Waals surface area contributed by atoms with Gasteiger partial charge in [0.25, 0.3) is 5.91 Å². The van der Waals surface area contributed by atoms with Crippen molar-refractivity contribution in [2.75, 3.05) is 11.1 Å². The van der Waals surface area contributed by atoms with Gasteiger partial charge in [0.1, 0.15) is 0 Å². The second-order valence-corrected chi connectivity index (χ2v) is 5.22. The molecule has 2 aromatic rings. The number of hydrogen-bond donors (Lipinski definition) is 2. The molecule has 0 fully saturated rings. The highest BCUT2D eigenvalue weighted by Gasteiger charge is 2.19. The maximum absolute atomic E-state index is 12.0. The van der Waals surface area contributed by atoms with Gasteiger partial charge in [0.15, 0.2) is 10.8 Å². The molecule has 1 amide bonds. The van der Waals surface area contributed by atoms with Gasteiger partial charge >= 0.3 is 0 Å². The highest BCUT2D eigenvalue weighted by molar-refractivity contribution is 7.15. The molecule has 3 N–H and O–H groups in total. The number of nitrogens with zero attached hydrogens (tertiary/aromatic N) is 2. The Kier molecular flexibility index (Phi) is 2.71. The predicted molar refractivity (Wildman–Crippen MR) is 70.7 cm³/mol. The molecule has 0 saturated heterocycles. The van der Waals surface area contributed by atoms with Crippen LogP contribution in [0.2, 0.25) is 0 Å². The number of hydrogen-bond acceptors (Lipinski definition) is 5. The topological polar surface area (TPSA) is 80.9 Å². The first-order valence-corrected chi connectivity index (χ1v) is 6.56. The van der Waals surface area contributed by atoms with Crippen LogP contribution in [0.4, 0.5) is 10.8 Å². The average Bonchev–Trinajstić information content (AvgIpc) is 2.90. The van der Waals surface area contributed by atoms with Gasteiger partial charge in [0.05, 0.1) is 11.4 Å². The molecule has 0 spiro atoms. The average molecular weight is 260 g/mol. The summed E-state index contributed by atoms with van der Waals surface area (Å²) in [6.07, 6.45) is 4.78. The lowest BCUT2D eigenvalue weighted by Crippen LogP contribution is -2.15. The van der Waals surface area contributed by atoms with Gasteiger partial charge < -0.3 is 5.73 Å². The lowest BCUT2D eigenvalue weighted by Gasteiger charge is -2.03. The standard InChI is InChI=1S/C12H12N4OS/c13-7-3-2-6-14-10(7)11(17)16-12-15-8-4-1-5-9(8)18-12/h2-3,6H,1,4-5,13H2,(H,15,16,17). The number of fused-ring (bicyclic) bond motifs is 1. The highest BCUT2D eigenvalue weighted by atomic mass is 32.1. The number of carbonyl (C=O) groups is 1. The second-order valence-electron chi connectivity index (χ2n) is 4.14. The summed E-state index contributed by atoms with van der Waals surface area (Å²) in [7, 11) is 0. The van der Waals surface area contributed by atoms with Crippen molar-refractivity contribution in [2.45, 2.75) is 19.3 Å². The monoisotopic (exact) mass is 260 g/mol. The molecule has 18 heavy (non-hydrogen) atoms. The van der Waals surface area contributed by atoms with E-state index in [1.165, 1.54) is 16.2 Å². The summed E-state index contributed by atoms with van der Waals surface area (Å²) in [6.45, 7) is 0. The van der Waals surface area contributed by atoms with Gasteiger partial charge in [-0.2, -0.15) is 0 Å². The minimum atomic E-state index is -0.305. The van der Waals surface area contributed by atoms with E-state index in [4.69, 9.17) is 5.73 Å². The molecule has 6 heteroatoms. The van der Waals surface area contributed by atoms with Crippen molar-refractivity contribution in [1.82, 2.24) is 9.97 Å². The largest absolute Gasteiger partial charge is 0.397 e. The third kappa shape index (κ3) is 1.95. The molecule has 1 aliphatic carbocycles. The zero-order chi connectivity index (χ0) is 12.5. The highest BCUT2D eigenvalue weighted by Crippen LogP contribution is 2.30. The molecule has 2 heterocycles. The van der Waals surface area contributed by atoms with E-state index in [0.717, 1.165) is 25.0 Å². The number of pyridine rings is 1. The van der Waals surface area contributed by atoms with Crippen LogP contribution in [-0.2, 0) is 12.8 Å². The van der Waals surface area contributed by atoms with Crippen molar-refractivity contribution in [1.29, 1.82) is 0 Å². The van der Waals surface area contributed by atoms with E-state index < -0.39 is 0 Å². The molecular weight excluding hydrogens is 248 g/mol. The van der Waals surface area contributed by atoms with Crippen LogP contribution in [0.15, 0.2) is 18.3 Å². The Bertz CT molecular complexity index is 586. The summed E-state index contributed by atoms with van der Waals surface area (Å²) >= 11 is 1.54. The Morgan fingerprint density at radius 3 is 3.11 bits per heavy atom. The van der Waals surface area contributed by atoms with Crippen molar-refractivity contribution < 1.29 is 4.79 Å². The van der Waals surface area contributed by atoms with Crippen LogP contribution >= 0.6 is 11.3 Å². The van der Waals surface area contributed by atoms with Gasteiger partial charge in [-0.15, -0.1) is 11.3 Å². The van der Waals surface area contributed by atoms with Gasteiger partial charge in [-0.3, -0.25) is 10.1 Å². The molecule has 0 bridgehead atoms. The number of aromatic nitrogens is 2. The fourth-order valence-electron chi connectivity index (χ4n) is 2.01. The zero-order valence-electron chi connectivity index (χ0n) is 9.64. The Morgan fingerprint density at radius 1 is 1.44 bits per heavy atom. The van der Waals surface area contributed by atoms with Crippen molar-refractivity contribution in [3.63, 3.8) is 0 Å². The van der Waals surface area contributed by atoms with Crippen LogP contribution < -0.4 is 11.1 Å². The van der Waals surface area contributed by atoms with Gasteiger partial charge in [0.2, 0.25) is 0 Å². The van der Waals surface area contributed by atoms with E-state index in [2.05, 4.69) is 15.3 Å². The molecule has 0 atom stereocenters. The van der Waals surface area contributed by atoms with E-state index in [-0.39, 0.29) is 11.6 Å². The van der Waals surface area contributed by atoms with Crippen LogP contribution in [0, 0.1) is 0 Å². The maximum Gasteiger partial charge on any atom is 0.278 e. The van der Waals surface area contributed by atoms with E-state index in [1.807, 2.05) is 0 Å². The van der Waals surface area contributed by atoms with Crippen LogP contribution in [0.3, 0.4) is 0 Å². The van der Waals surface area contributed by atoms with Crippen molar-refractivity contribution in [2.24, 2.45) is 0 Å². The van der Waals surface area contributed by atoms with E-state index in [0.29, 0.717) is 10.8 Å². The lowest BCUT2D eigenvalue weighted by atomic mass is 10.3. The Morgan fingerprint density at radius 2 is 2.33 bits per heavy atom. The van der Waals surface area contributed by atoms with Crippen LogP contribution in [0.5, 0.6) is 0 Å². The molecule has 1 aliphatic rings. The van der Waals surface area contributed by atoms with Crippen molar-refractivity contribution in [3.05, 3.63) is 34.6 Å². The number of carbonyl (C=O) groups excluding carboxylic acids is 1. The second kappa shape index (κ2) is 4.38. The summed E-state index contributed by atoms with van der Waals surface area (Å²) in [5.41, 5.74) is 7.44. The number of nitrogen functional groups attached to an aromatic ring is 1. The third-order valence-electron chi connectivity index (χ3n) is 2.87. The molecule has 0 saturated carbocycles. The molecule has 0 aromatic carbocycles. The zero-order valence-corrected chi connectivity index (χ0v) is 10.5. The predicted octanol–water partition coefficient (Wildman–Crippen LogP) is 1.86. The molecule has 2 aromatic heterocycles. The fourth-order valence-corrected chi connectivity index (χ4v) is 3.05. The Balaban J connectivity index is 1.80. The van der Waals surface area contributed by atoms with Crippen LogP contribution in [0.25, 0.3) is 0 Å². The molecule has 0 aliphatic heterocycles. The van der Waals surface area contributed by atoms with Crippen LogP contribution in [0.1, 0.15) is 27.5 Å². The number of rotatable bonds is 2. The lowest BCUT2D eigenvalue weighted by molar-refractivity contribution is 0.102. The first-order chi connectivity index (χ1) is 8.74. The number of aryl methyl sites for hydroxylation is 2. The summed E-state index contributed by atoms with van der Waals surface area (Å²) in [4.78, 5) is 21.6.